The highest BCUT2D eigenvalue weighted by molar-refractivity contribution is 5.50. The van der Waals surface area contributed by atoms with E-state index in [9.17, 15) is 9.90 Å². The van der Waals surface area contributed by atoms with Crippen molar-refractivity contribution in [3.05, 3.63) is 73.9 Å². The molecular weight excluding hydrogens is 1260 g/mol. The van der Waals surface area contributed by atoms with Gasteiger partial charge in [-0.3, -0.25) is 0 Å². The second-order valence-corrected chi connectivity index (χ2v) is 34.6. The quantitative estimate of drug-likeness (QED) is 0.0532. The lowest BCUT2D eigenvalue weighted by Crippen LogP contribution is -2.54. The summed E-state index contributed by atoms with van der Waals surface area (Å²) in [5.41, 5.74) is 4.72. The minimum absolute atomic E-state index is 0.0197. The van der Waals surface area contributed by atoms with Gasteiger partial charge in [-0.15, -0.1) is 13.2 Å². The highest BCUT2D eigenvalue weighted by atomic mass is 16.8. The van der Waals surface area contributed by atoms with E-state index >= 15 is 0 Å². The monoisotopic (exact) mass is 1390 g/mol. The number of ether oxygens (including phenoxy) is 14. The average molecular weight is 1400 g/mol. The molecule has 36 atom stereocenters. The lowest BCUT2D eigenvalue weighted by atomic mass is 9.79. The first-order valence-corrected chi connectivity index (χ1v) is 40.3. The van der Waals surface area contributed by atoms with Crippen molar-refractivity contribution in [1.82, 2.24) is 0 Å². The molecule has 16 fully saturated rings. The maximum Gasteiger partial charge on any atom is 0.172 e. The van der Waals surface area contributed by atoms with Crippen molar-refractivity contribution in [2.45, 2.75) is 381 Å². The maximum atomic E-state index is 11.7. The van der Waals surface area contributed by atoms with Crippen LogP contribution in [0.3, 0.4) is 0 Å². The molecule has 100 heavy (non-hydrogen) atoms. The van der Waals surface area contributed by atoms with Crippen LogP contribution in [0.2, 0.25) is 0 Å². The van der Waals surface area contributed by atoms with Crippen LogP contribution in [0, 0.1) is 59.2 Å². The Morgan fingerprint density at radius 1 is 0.450 bits per heavy atom. The molecule has 16 rings (SSSR count). The summed E-state index contributed by atoms with van der Waals surface area (Å²) >= 11 is 0. The van der Waals surface area contributed by atoms with E-state index in [1.165, 1.54) is 16.7 Å². The molecular formula is C84H130O16. The van der Waals surface area contributed by atoms with Crippen LogP contribution in [0.25, 0.3) is 0 Å². The van der Waals surface area contributed by atoms with Crippen LogP contribution in [-0.4, -0.2) is 176 Å². The Kier molecular flexibility index (Phi) is 24.3. The molecule has 0 radical (unpaired) electrons. The molecule has 16 saturated heterocycles. The fraction of sp³-hybridized carbons (Fsp3) is 0.845. The molecule has 0 spiro atoms. The molecule has 0 aromatic carbocycles. The smallest absolute Gasteiger partial charge is 0.172 e. The normalized spacial score (nSPS) is 48.7. The molecule has 0 aliphatic carbocycles. The molecule has 8 unspecified atom stereocenters. The van der Waals surface area contributed by atoms with E-state index in [-0.39, 0.29) is 171 Å². The molecule has 16 aliphatic rings. The molecule has 0 aromatic heterocycles. The number of carbonyl (C=O) groups excluding carboxylic acids is 1. The lowest BCUT2D eigenvalue weighted by molar-refractivity contribution is -0.263. The number of rotatable bonds is 30. The summed E-state index contributed by atoms with van der Waals surface area (Å²) < 4.78 is 93.6. The van der Waals surface area contributed by atoms with Crippen molar-refractivity contribution in [3.8, 4) is 0 Å². The molecule has 12 bridgehead atoms. The first-order chi connectivity index (χ1) is 48.0. The van der Waals surface area contributed by atoms with E-state index in [1.54, 1.807) is 0 Å². The molecule has 16 heteroatoms. The minimum Gasteiger partial charge on any atom is -0.396 e. The predicted molar refractivity (Wildman–Crippen MR) is 384 cm³/mol. The Morgan fingerprint density at radius 3 is 1.28 bits per heavy atom. The van der Waals surface area contributed by atoms with Crippen LogP contribution < -0.4 is 0 Å². The van der Waals surface area contributed by atoms with E-state index in [0.717, 1.165) is 160 Å². The second kappa shape index (κ2) is 32.1. The van der Waals surface area contributed by atoms with E-state index in [0.29, 0.717) is 47.8 Å². The van der Waals surface area contributed by atoms with Gasteiger partial charge in [0.25, 0.3) is 0 Å². The van der Waals surface area contributed by atoms with Gasteiger partial charge in [-0.2, -0.15) is 0 Å². The lowest BCUT2D eigenvalue weighted by Gasteiger charge is -2.42. The Bertz CT molecular complexity index is 2850. The highest BCUT2D eigenvalue weighted by Crippen LogP contribution is 2.57. The van der Waals surface area contributed by atoms with Crippen LogP contribution in [0.15, 0.2) is 73.9 Å². The summed E-state index contributed by atoms with van der Waals surface area (Å²) in [6, 6.07) is 0. The van der Waals surface area contributed by atoms with Gasteiger partial charge >= 0.3 is 0 Å². The van der Waals surface area contributed by atoms with Crippen LogP contribution >= 0.6 is 0 Å². The average Bonchev–Trinajstić information content (AvgIpc) is 1.56. The molecule has 16 aliphatic heterocycles. The number of aliphatic hydroxyl groups is 1. The molecule has 562 valence electrons. The highest BCUT2D eigenvalue weighted by Gasteiger charge is 2.69. The van der Waals surface area contributed by atoms with Gasteiger partial charge in [0.05, 0.1) is 110 Å². The number of carbonyl (C=O) groups is 1. The molecule has 0 aromatic rings. The van der Waals surface area contributed by atoms with Gasteiger partial charge in [-0.25, -0.2) is 0 Å². The Morgan fingerprint density at radius 2 is 0.860 bits per heavy atom. The first-order valence-electron chi connectivity index (χ1n) is 40.3. The Hall–Kier alpha value is -2.49. The third-order valence-corrected chi connectivity index (χ3v) is 27.8. The maximum absolute atomic E-state index is 11.7. The van der Waals surface area contributed by atoms with Gasteiger partial charge in [-0.1, -0.05) is 121 Å². The SMILES string of the molecule is C=CC[C@@H]1O[C@H]2[C@H]3O[C@]4(CCC5CC(=C)[C@H](CCC6C[C@@H](C)C(=C)[C@@H](CC7O[C@H](C[C@H](C)CC)[C@H](C)[C@H]7CC=O)O6)O5)C[C@H]3O[C@H]2[C@@H](O4)C1C.C=CC[C@@H]1O[C@H]2[C@H]3O[C@]4(CCC5CC(=C)[C@H](CCC6C[C@@H](C)C(=C)[C@@H](CC7O[C@H](C[C@H](C)CC)[C@H](C)[C@H]7CCO)O6)O5)C[C@H]3O[C@H]2[C@@H](O4)C1C. The molecule has 1 N–H and O–H groups in total. The topological polar surface area (TPSA) is 167 Å². The van der Waals surface area contributed by atoms with Crippen molar-refractivity contribution >= 4 is 6.29 Å². The largest absolute Gasteiger partial charge is 0.396 e. The van der Waals surface area contributed by atoms with E-state index in [2.05, 4.69) is 109 Å². The van der Waals surface area contributed by atoms with Gasteiger partial charge in [0.2, 0.25) is 0 Å². The fourth-order valence-electron chi connectivity index (χ4n) is 21.1. The zero-order chi connectivity index (χ0) is 70.6. The van der Waals surface area contributed by atoms with E-state index < -0.39 is 11.6 Å². The third-order valence-electron chi connectivity index (χ3n) is 27.8. The van der Waals surface area contributed by atoms with Gasteiger partial charge in [-0.05, 0) is 166 Å². The van der Waals surface area contributed by atoms with Crippen molar-refractivity contribution in [2.24, 2.45) is 59.2 Å². The van der Waals surface area contributed by atoms with Crippen LogP contribution in [0.1, 0.15) is 223 Å². The third kappa shape index (κ3) is 15.6. The summed E-state index contributed by atoms with van der Waals surface area (Å²) in [6.07, 6.45) is 27.0. The van der Waals surface area contributed by atoms with Crippen molar-refractivity contribution in [1.29, 1.82) is 0 Å². The van der Waals surface area contributed by atoms with Crippen LogP contribution in [0.5, 0.6) is 0 Å². The fourth-order valence-corrected chi connectivity index (χ4v) is 21.1. The van der Waals surface area contributed by atoms with Gasteiger partial charge in [0, 0.05) is 63.4 Å². The van der Waals surface area contributed by atoms with Crippen LogP contribution in [0.4, 0.5) is 0 Å². The summed E-state index contributed by atoms with van der Waals surface area (Å²) in [7, 11) is 0. The zero-order valence-electron chi connectivity index (χ0n) is 62.9. The number of hydrogen-bond acceptors (Lipinski definition) is 16. The number of aldehydes is 1. The van der Waals surface area contributed by atoms with Gasteiger partial charge in [0.15, 0.2) is 11.6 Å². The molecule has 16 nitrogen and oxygen atoms in total. The van der Waals surface area contributed by atoms with E-state index in [1.807, 2.05) is 12.2 Å². The summed E-state index contributed by atoms with van der Waals surface area (Å²) in [5.74, 6) is 2.54. The van der Waals surface area contributed by atoms with Crippen molar-refractivity contribution in [3.63, 3.8) is 0 Å². The zero-order valence-corrected chi connectivity index (χ0v) is 62.9. The summed E-state index contributed by atoms with van der Waals surface area (Å²) in [5, 5.41) is 9.90. The second-order valence-electron chi connectivity index (χ2n) is 34.6. The minimum atomic E-state index is -0.643. The van der Waals surface area contributed by atoms with Gasteiger partial charge < -0.3 is 76.2 Å². The number of hydrogen-bond donors (Lipinski definition) is 1. The first kappa shape index (κ1) is 75.7. The Balaban J connectivity index is 0.000000179. The summed E-state index contributed by atoms with van der Waals surface area (Å²) in [6.45, 7) is 48.6. The predicted octanol–water partition coefficient (Wildman–Crippen LogP) is 15.1. The van der Waals surface area contributed by atoms with Crippen LogP contribution in [-0.2, 0) is 71.1 Å². The molecule has 0 amide bonds. The standard InChI is InChI=1S/C42H66O8.C42H64O8/c2*1-9-11-33-28(8)38-40-41(47-33)39-37(48-40)22-42(49-38,50-39)16-14-30-20-25(5)32(44-30)13-12-29-19-24(4)26(6)35(45-29)21-36-31(15-17-43)27(7)34(46-36)18-23(3)10-2/h9,23-24,27-41,43H,1,5-6,10-22H2,2-4,7-8H3;9,17,23-24,27-41H,1,5-6,10-16,18-22H2,2-4,7-8H3/t2*23-,24-,27-,28?,29?,30?,31-,32+,33+,34-,35-,36?,37-,38+,39+,40+,41+,42-/m11/s1. The Labute approximate surface area is 600 Å². The van der Waals surface area contributed by atoms with E-state index in [4.69, 9.17) is 66.3 Å². The molecule has 16 heterocycles. The summed E-state index contributed by atoms with van der Waals surface area (Å²) in [4.78, 5) is 11.7. The van der Waals surface area contributed by atoms with Gasteiger partial charge in [0.1, 0.15) is 42.9 Å². The molecule has 0 saturated carbocycles. The van der Waals surface area contributed by atoms with Crippen molar-refractivity contribution < 1.29 is 76.2 Å². The number of aliphatic hydroxyl groups excluding tert-OH is 1. The van der Waals surface area contributed by atoms with Crippen molar-refractivity contribution in [2.75, 3.05) is 6.61 Å².